The van der Waals surface area contributed by atoms with Crippen molar-refractivity contribution in [3.05, 3.63) is 18.3 Å². The van der Waals surface area contributed by atoms with Gasteiger partial charge in [0.1, 0.15) is 0 Å². The van der Waals surface area contributed by atoms with Crippen LogP contribution in [-0.2, 0) is 10.0 Å². The van der Waals surface area contributed by atoms with Crippen LogP contribution in [0.15, 0.2) is 23.4 Å². The number of nitrogens with two attached hydrogens (primary N) is 1. The normalized spacial score (nSPS) is 22.1. The van der Waals surface area contributed by atoms with Crippen molar-refractivity contribution in [2.24, 2.45) is 0 Å². The van der Waals surface area contributed by atoms with Gasteiger partial charge in [0.15, 0.2) is 5.03 Å². The summed E-state index contributed by atoms with van der Waals surface area (Å²) in [5.41, 5.74) is 5.74. The molecule has 0 aliphatic carbocycles. The van der Waals surface area contributed by atoms with Gasteiger partial charge in [-0.05, 0) is 52.7 Å². The number of rotatable bonds is 3. The number of hydrogen-bond donors (Lipinski definition) is 3. The van der Waals surface area contributed by atoms with Crippen LogP contribution in [0.5, 0.6) is 0 Å². The van der Waals surface area contributed by atoms with Gasteiger partial charge >= 0.3 is 0 Å². The minimum absolute atomic E-state index is 0.00541. The molecule has 1 aliphatic heterocycles. The lowest BCUT2D eigenvalue weighted by molar-refractivity contribution is 0.157. The van der Waals surface area contributed by atoms with Gasteiger partial charge in [0.05, 0.1) is 11.9 Å². The highest BCUT2D eigenvalue weighted by molar-refractivity contribution is 7.89. The summed E-state index contributed by atoms with van der Waals surface area (Å²) in [6, 6.07) is 2.84. The number of aromatic nitrogens is 1. The predicted octanol–water partition coefficient (Wildman–Crippen LogP) is 1.25. The summed E-state index contributed by atoms with van der Waals surface area (Å²) in [4.78, 5) is 3.90. The Bertz CT molecular complexity index is 592. The molecule has 1 aromatic heterocycles. The Labute approximate surface area is 126 Å². The number of piperidine rings is 1. The van der Waals surface area contributed by atoms with E-state index < -0.39 is 10.0 Å². The van der Waals surface area contributed by atoms with Gasteiger partial charge in [-0.25, -0.2) is 18.1 Å². The van der Waals surface area contributed by atoms with E-state index in [4.69, 9.17) is 5.73 Å². The molecule has 7 heteroatoms. The maximum Gasteiger partial charge on any atom is 0.258 e. The molecule has 0 aromatic carbocycles. The molecule has 1 fully saturated rings. The van der Waals surface area contributed by atoms with Gasteiger partial charge in [0.25, 0.3) is 10.0 Å². The molecule has 4 N–H and O–H groups in total. The van der Waals surface area contributed by atoms with Crippen molar-refractivity contribution in [3.63, 3.8) is 0 Å². The van der Waals surface area contributed by atoms with Gasteiger partial charge in [-0.2, -0.15) is 0 Å². The lowest BCUT2D eigenvalue weighted by atomic mass is 9.80. The maximum absolute atomic E-state index is 12.4. The summed E-state index contributed by atoms with van der Waals surface area (Å²) < 4.78 is 27.6. The minimum atomic E-state index is -3.62. The fourth-order valence-electron chi connectivity index (χ4n) is 3.24. The largest absolute Gasteiger partial charge is 0.397 e. The molecule has 0 spiro atoms. The molecule has 0 bridgehead atoms. The van der Waals surface area contributed by atoms with Crippen LogP contribution in [0, 0.1) is 0 Å². The molecule has 0 atom stereocenters. The quantitative estimate of drug-likeness (QED) is 0.780. The van der Waals surface area contributed by atoms with Gasteiger partial charge < -0.3 is 11.1 Å². The second kappa shape index (κ2) is 5.23. The molecule has 2 rings (SSSR count). The molecule has 1 saturated heterocycles. The zero-order valence-corrected chi connectivity index (χ0v) is 13.8. The van der Waals surface area contributed by atoms with Crippen LogP contribution < -0.4 is 15.8 Å². The summed E-state index contributed by atoms with van der Waals surface area (Å²) >= 11 is 0. The van der Waals surface area contributed by atoms with Crippen LogP contribution in [0.1, 0.15) is 40.5 Å². The van der Waals surface area contributed by atoms with E-state index in [9.17, 15) is 8.42 Å². The van der Waals surface area contributed by atoms with Crippen LogP contribution in [-0.4, -0.2) is 30.5 Å². The second-order valence-electron chi connectivity index (χ2n) is 7.05. The number of nitrogens with one attached hydrogen (secondary N) is 2. The summed E-state index contributed by atoms with van der Waals surface area (Å²) in [6.07, 6.45) is 2.81. The maximum atomic E-state index is 12.4. The van der Waals surface area contributed by atoms with Gasteiger partial charge in [-0.15, -0.1) is 0 Å². The van der Waals surface area contributed by atoms with Crippen LogP contribution in [0.4, 0.5) is 5.69 Å². The van der Waals surface area contributed by atoms with Gasteiger partial charge in [0.2, 0.25) is 0 Å². The number of sulfonamides is 1. The molecule has 118 valence electrons. The van der Waals surface area contributed by atoms with E-state index in [-0.39, 0.29) is 22.1 Å². The first-order chi connectivity index (χ1) is 9.49. The highest BCUT2D eigenvalue weighted by Crippen LogP contribution is 2.29. The SMILES string of the molecule is CC1(C)CC(NS(=O)(=O)c2ccc(N)cn2)CC(C)(C)N1. The zero-order chi connectivity index (χ0) is 15.9. The lowest BCUT2D eigenvalue weighted by Gasteiger charge is -2.46. The summed E-state index contributed by atoms with van der Waals surface area (Å²) in [7, 11) is -3.62. The Balaban J connectivity index is 2.18. The highest BCUT2D eigenvalue weighted by Gasteiger charge is 2.39. The van der Waals surface area contributed by atoms with Crippen molar-refractivity contribution in [3.8, 4) is 0 Å². The third-order valence-electron chi connectivity index (χ3n) is 3.55. The van der Waals surface area contributed by atoms with Crippen LogP contribution in [0.25, 0.3) is 0 Å². The Hall–Kier alpha value is -1.18. The Morgan fingerprint density at radius 2 is 1.81 bits per heavy atom. The molecule has 6 nitrogen and oxygen atoms in total. The van der Waals surface area contributed by atoms with E-state index in [2.05, 4.69) is 42.7 Å². The third kappa shape index (κ3) is 4.15. The first-order valence-corrected chi connectivity index (χ1v) is 8.51. The number of hydrogen-bond acceptors (Lipinski definition) is 5. The average molecular weight is 312 g/mol. The van der Waals surface area contributed by atoms with Crippen molar-refractivity contribution in [2.45, 2.75) is 62.7 Å². The molecule has 2 heterocycles. The van der Waals surface area contributed by atoms with Crippen molar-refractivity contribution in [1.29, 1.82) is 0 Å². The molecular formula is C14H24N4O2S. The summed E-state index contributed by atoms with van der Waals surface area (Å²) in [5, 5.41) is 3.53. The molecule has 0 unspecified atom stereocenters. The van der Waals surface area contributed by atoms with E-state index in [1.54, 1.807) is 0 Å². The first-order valence-electron chi connectivity index (χ1n) is 7.02. The zero-order valence-electron chi connectivity index (χ0n) is 13.0. The molecule has 0 radical (unpaired) electrons. The molecule has 0 saturated carbocycles. The Kier molecular flexibility index (Phi) is 4.03. The minimum Gasteiger partial charge on any atom is -0.397 e. The monoisotopic (exact) mass is 312 g/mol. The molecule has 21 heavy (non-hydrogen) atoms. The van der Waals surface area contributed by atoms with Crippen LogP contribution >= 0.6 is 0 Å². The van der Waals surface area contributed by atoms with E-state index in [1.165, 1.54) is 18.3 Å². The van der Waals surface area contributed by atoms with Crippen molar-refractivity contribution >= 4 is 15.7 Å². The summed E-state index contributed by atoms with van der Waals surface area (Å²) in [5.74, 6) is 0. The number of nitrogen functional groups attached to an aromatic ring is 1. The number of anilines is 1. The van der Waals surface area contributed by atoms with Crippen molar-refractivity contribution in [2.75, 3.05) is 5.73 Å². The predicted molar refractivity (Wildman–Crippen MR) is 83.3 cm³/mol. The van der Waals surface area contributed by atoms with E-state index in [0.29, 0.717) is 5.69 Å². The molecule has 0 amide bonds. The third-order valence-corrected chi connectivity index (χ3v) is 4.98. The summed E-state index contributed by atoms with van der Waals surface area (Å²) in [6.45, 7) is 8.32. The van der Waals surface area contributed by atoms with E-state index in [1.807, 2.05) is 0 Å². The number of nitrogens with zero attached hydrogens (tertiary/aromatic N) is 1. The molecule has 1 aromatic rings. The fourth-order valence-corrected chi connectivity index (χ4v) is 4.40. The second-order valence-corrected chi connectivity index (χ2v) is 8.71. The molecular weight excluding hydrogens is 288 g/mol. The first kappa shape index (κ1) is 16.2. The Morgan fingerprint density at radius 3 is 2.29 bits per heavy atom. The van der Waals surface area contributed by atoms with Crippen molar-refractivity contribution in [1.82, 2.24) is 15.0 Å². The van der Waals surface area contributed by atoms with E-state index >= 15 is 0 Å². The van der Waals surface area contributed by atoms with Crippen molar-refractivity contribution < 1.29 is 8.42 Å². The average Bonchev–Trinajstić information content (AvgIpc) is 2.23. The topological polar surface area (TPSA) is 97.1 Å². The lowest BCUT2D eigenvalue weighted by Crippen LogP contribution is -2.62. The van der Waals surface area contributed by atoms with Crippen LogP contribution in [0.2, 0.25) is 0 Å². The Morgan fingerprint density at radius 1 is 1.24 bits per heavy atom. The van der Waals surface area contributed by atoms with Crippen LogP contribution in [0.3, 0.4) is 0 Å². The van der Waals surface area contributed by atoms with Gasteiger partial charge in [-0.3, -0.25) is 0 Å². The fraction of sp³-hybridized carbons (Fsp3) is 0.643. The smallest absolute Gasteiger partial charge is 0.258 e. The van der Waals surface area contributed by atoms with Gasteiger partial charge in [0, 0.05) is 17.1 Å². The standard InChI is InChI=1S/C14H24N4O2S/c1-13(2)7-11(8-14(3,4)18-13)17-21(19,20)12-6-5-10(15)9-16-12/h5-6,9,11,17-18H,7-8,15H2,1-4H3. The molecule has 1 aliphatic rings. The number of pyridine rings is 1. The van der Waals surface area contributed by atoms with Gasteiger partial charge in [-0.1, -0.05) is 0 Å². The highest BCUT2D eigenvalue weighted by atomic mass is 32.2. The van der Waals surface area contributed by atoms with E-state index in [0.717, 1.165) is 12.8 Å².